The van der Waals surface area contributed by atoms with E-state index in [4.69, 9.17) is 5.73 Å². The van der Waals surface area contributed by atoms with E-state index in [0.717, 1.165) is 17.7 Å². The van der Waals surface area contributed by atoms with Gasteiger partial charge in [-0.2, -0.15) is 0 Å². The Morgan fingerprint density at radius 2 is 1.89 bits per heavy atom. The number of thiophene rings is 1. The highest BCUT2D eigenvalue weighted by Crippen LogP contribution is 2.30. The Morgan fingerprint density at radius 3 is 2.63 bits per heavy atom. The van der Waals surface area contributed by atoms with Crippen LogP contribution in [0.4, 0.5) is 11.4 Å². The number of nitrogens with two attached hydrogens (primary N) is 1. The number of anilines is 2. The molecule has 1 aliphatic carbocycles. The first-order chi connectivity index (χ1) is 13.0. The minimum Gasteiger partial charge on any atom is -0.397 e. The second kappa shape index (κ2) is 9.04. The first-order valence-corrected chi connectivity index (χ1v) is 10.4. The molecule has 1 atom stereocenters. The molecule has 1 aliphatic rings. The zero-order valence-corrected chi connectivity index (χ0v) is 16.5. The van der Waals surface area contributed by atoms with Gasteiger partial charge in [0.2, 0.25) is 5.91 Å². The van der Waals surface area contributed by atoms with Crippen molar-refractivity contribution in [3.8, 4) is 0 Å². The largest absolute Gasteiger partial charge is 0.397 e. The van der Waals surface area contributed by atoms with Crippen molar-refractivity contribution < 1.29 is 9.59 Å². The van der Waals surface area contributed by atoms with E-state index in [0.29, 0.717) is 28.7 Å². The van der Waals surface area contributed by atoms with Gasteiger partial charge in [-0.25, -0.2) is 0 Å². The fourth-order valence-corrected chi connectivity index (χ4v) is 4.42. The summed E-state index contributed by atoms with van der Waals surface area (Å²) in [6, 6.07) is 10.8. The zero-order valence-electron chi connectivity index (χ0n) is 15.7. The minimum atomic E-state index is -0.189. The first kappa shape index (κ1) is 19.4. The second-order valence-electron chi connectivity index (χ2n) is 7.21. The Hall–Kier alpha value is -2.34. The molecule has 0 radical (unpaired) electrons. The van der Waals surface area contributed by atoms with E-state index >= 15 is 0 Å². The number of carbonyl (C=O) groups is 2. The van der Waals surface area contributed by atoms with Gasteiger partial charge in [0.05, 0.1) is 22.8 Å². The van der Waals surface area contributed by atoms with Gasteiger partial charge in [-0.05, 0) is 43.0 Å². The lowest BCUT2D eigenvalue weighted by Gasteiger charge is -2.26. The molecule has 2 aromatic rings. The summed E-state index contributed by atoms with van der Waals surface area (Å²) >= 11 is 1.39. The van der Waals surface area contributed by atoms with Crippen LogP contribution in [-0.2, 0) is 11.3 Å². The summed E-state index contributed by atoms with van der Waals surface area (Å²) in [7, 11) is 0. The quantitative estimate of drug-likeness (QED) is 0.644. The van der Waals surface area contributed by atoms with Crippen LogP contribution in [-0.4, -0.2) is 11.8 Å². The van der Waals surface area contributed by atoms with Crippen molar-refractivity contribution in [2.45, 2.75) is 45.6 Å². The highest BCUT2D eigenvalue weighted by atomic mass is 32.1. The molecule has 1 saturated carbocycles. The molecule has 2 amide bonds. The van der Waals surface area contributed by atoms with Gasteiger partial charge >= 0.3 is 0 Å². The average molecular weight is 386 g/mol. The molecule has 0 aliphatic heterocycles. The third kappa shape index (κ3) is 5.10. The van der Waals surface area contributed by atoms with Crippen molar-refractivity contribution in [2.24, 2.45) is 11.8 Å². The molecule has 1 fully saturated rings. The van der Waals surface area contributed by atoms with Gasteiger partial charge in [-0.1, -0.05) is 38.3 Å². The van der Waals surface area contributed by atoms with Crippen LogP contribution in [0.25, 0.3) is 0 Å². The number of hydrogen-bond acceptors (Lipinski definition) is 4. The lowest BCUT2D eigenvalue weighted by atomic mass is 9.80. The molecule has 6 heteroatoms. The fraction of sp³-hybridized carbons (Fsp3) is 0.429. The third-order valence-electron chi connectivity index (χ3n) is 5.30. The number of hydrogen-bond donors (Lipinski definition) is 3. The van der Waals surface area contributed by atoms with Crippen molar-refractivity contribution in [1.29, 1.82) is 0 Å². The molecule has 1 unspecified atom stereocenters. The van der Waals surface area contributed by atoms with Gasteiger partial charge in [-0.15, -0.1) is 11.3 Å². The van der Waals surface area contributed by atoms with Crippen molar-refractivity contribution in [2.75, 3.05) is 11.1 Å². The normalized spacial score (nSPS) is 15.9. The molecule has 1 aromatic heterocycles. The van der Waals surface area contributed by atoms with Crippen LogP contribution in [0, 0.1) is 11.8 Å². The SMILES string of the molecule is CC(C(=O)NCc1ccc(C(=O)Nc2ccccc2N)s1)C1CCCCC1. The number of rotatable bonds is 6. The summed E-state index contributed by atoms with van der Waals surface area (Å²) in [5, 5.41) is 5.85. The van der Waals surface area contributed by atoms with Crippen LogP contribution >= 0.6 is 11.3 Å². The Labute approximate surface area is 164 Å². The monoisotopic (exact) mass is 385 g/mol. The van der Waals surface area contributed by atoms with E-state index in [1.807, 2.05) is 25.1 Å². The molecule has 0 bridgehead atoms. The molecule has 5 nitrogen and oxygen atoms in total. The summed E-state index contributed by atoms with van der Waals surface area (Å²) in [5.41, 5.74) is 7.00. The van der Waals surface area contributed by atoms with Crippen molar-refractivity contribution in [3.63, 3.8) is 0 Å². The topological polar surface area (TPSA) is 84.2 Å². The van der Waals surface area contributed by atoms with E-state index in [9.17, 15) is 9.59 Å². The van der Waals surface area contributed by atoms with Crippen LogP contribution in [0.5, 0.6) is 0 Å². The van der Waals surface area contributed by atoms with E-state index < -0.39 is 0 Å². The van der Waals surface area contributed by atoms with Gasteiger partial charge in [-0.3, -0.25) is 9.59 Å². The molecule has 0 saturated heterocycles. The number of nitrogens with one attached hydrogen (secondary N) is 2. The van der Waals surface area contributed by atoms with E-state index in [1.54, 1.807) is 18.2 Å². The van der Waals surface area contributed by atoms with Gasteiger partial charge in [0.1, 0.15) is 0 Å². The lowest BCUT2D eigenvalue weighted by molar-refractivity contribution is -0.126. The summed E-state index contributed by atoms with van der Waals surface area (Å²) in [4.78, 5) is 26.4. The summed E-state index contributed by atoms with van der Waals surface area (Å²) in [5.74, 6) is 0.471. The van der Waals surface area contributed by atoms with Gasteiger partial charge < -0.3 is 16.4 Å². The molecule has 4 N–H and O–H groups in total. The van der Waals surface area contributed by atoms with Crippen LogP contribution in [0.15, 0.2) is 36.4 Å². The van der Waals surface area contributed by atoms with Gasteiger partial charge in [0.15, 0.2) is 0 Å². The average Bonchev–Trinajstić information content (AvgIpc) is 3.17. The first-order valence-electron chi connectivity index (χ1n) is 9.57. The van der Waals surface area contributed by atoms with E-state index in [1.165, 1.54) is 30.6 Å². The molecular weight excluding hydrogens is 358 g/mol. The zero-order chi connectivity index (χ0) is 19.2. The van der Waals surface area contributed by atoms with Crippen LogP contribution in [0.1, 0.15) is 53.6 Å². The Bertz CT molecular complexity index is 796. The minimum absolute atomic E-state index is 0.0501. The van der Waals surface area contributed by atoms with E-state index in [-0.39, 0.29) is 17.7 Å². The highest BCUT2D eigenvalue weighted by Gasteiger charge is 2.25. The molecular formula is C21H27N3O2S. The lowest BCUT2D eigenvalue weighted by Crippen LogP contribution is -2.33. The predicted molar refractivity (Wildman–Crippen MR) is 111 cm³/mol. The second-order valence-corrected chi connectivity index (χ2v) is 8.38. The molecule has 0 spiro atoms. The molecule has 1 heterocycles. The maximum absolute atomic E-state index is 12.4. The maximum atomic E-state index is 12.4. The fourth-order valence-electron chi connectivity index (χ4n) is 3.57. The smallest absolute Gasteiger partial charge is 0.265 e. The van der Waals surface area contributed by atoms with Crippen molar-refractivity contribution in [1.82, 2.24) is 5.32 Å². The number of nitrogen functional groups attached to an aromatic ring is 1. The third-order valence-corrected chi connectivity index (χ3v) is 6.39. The Morgan fingerprint density at radius 1 is 1.15 bits per heavy atom. The Balaban J connectivity index is 1.52. The number of benzene rings is 1. The highest BCUT2D eigenvalue weighted by molar-refractivity contribution is 7.14. The summed E-state index contributed by atoms with van der Waals surface area (Å²) < 4.78 is 0. The molecule has 1 aromatic carbocycles. The van der Waals surface area contributed by atoms with Crippen LogP contribution < -0.4 is 16.4 Å². The maximum Gasteiger partial charge on any atom is 0.265 e. The predicted octanol–water partition coefficient (Wildman–Crippen LogP) is 4.42. The molecule has 3 rings (SSSR count). The van der Waals surface area contributed by atoms with Gasteiger partial charge in [0.25, 0.3) is 5.91 Å². The molecule has 144 valence electrons. The van der Waals surface area contributed by atoms with Crippen molar-refractivity contribution in [3.05, 3.63) is 46.2 Å². The van der Waals surface area contributed by atoms with Crippen LogP contribution in [0.2, 0.25) is 0 Å². The van der Waals surface area contributed by atoms with Crippen molar-refractivity contribution >= 4 is 34.5 Å². The summed E-state index contributed by atoms with van der Waals surface area (Å²) in [6.07, 6.45) is 6.07. The number of amides is 2. The number of para-hydroxylation sites is 2. The standard InChI is InChI=1S/C21H27N3O2S/c1-14(15-7-3-2-4-8-15)20(25)23-13-16-11-12-19(27-16)21(26)24-18-10-6-5-9-17(18)22/h5-6,9-12,14-15H,2-4,7-8,13,22H2,1H3,(H,23,25)(H,24,26). The molecule has 27 heavy (non-hydrogen) atoms. The van der Waals surface area contributed by atoms with Crippen LogP contribution in [0.3, 0.4) is 0 Å². The van der Waals surface area contributed by atoms with E-state index in [2.05, 4.69) is 10.6 Å². The number of carbonyl (C=O) groups excluding carboxylic acids is 2. The Kier molecular flexibility index (Phi) is 6.50. The summed E-state index contributed by atoms with van der Waals surface area (Å²) in [6.45, 7) is 2.49. The van der Waals surface area contributed by atoms with Gasteiger partial charge in [0, 0.05) is 10.8 Å².